The van der Waals surface area contributed by atoms with E-state index in [0.29, 0.717) is 11.1 Å². The van der Waals surface area contributed by atoms with Crippen LogP contribution in [0.2, 0.25) is 0 Å². The number of hydrogen-bond donors (Lipinski definition) is 2. The summed E-state index contributed by atoms with van der Waals surface area (Å²) in [6.45, 7) is 0. The van der Waals surface area contributed by atoms with E-state index in [-0.39, 0.29) is 20.6 Å². The third-order valence-corrected chi connectivity index (χ3v) is 11.2. The molecule has 1 fully saturated rings. The number of carbonyl (C=O) groups excluding carboxylic acids is 2. The lowest BCUT2D eigenvalue weighted by Gasteiger charge is -2.33. The molecule has 2 aromatic rings. The maximum Gasteiger partial charge on any atom is 0.341 e. The fourth-order valence-corrected chi connectivity index (χ4v) is 8.31. The third kappa shape index (κ3) is 3.52. The van der Waals surface area contributed by atoms with Gasteiger partial charge in [0.05, 0.1) is 29.0 Å². The molecule has 2 aliphatic carbocycles. The number of esters is 1. The topological polar surface area (TPSA) is 92.7 Å². The predicted octanol–water partition coefficient (Wildman–Crippen LogP) is 6.44. The Kier molecular flexibility index (Phi) is 6.84. The molecule has 1 aromatic carbocycles. The van der Waals surface area contributed by atoms with Crippen LogP contribution in [0.3, 0.4) is 0 Å². The molecule has 186 valence electrons. The summed E-state index contributed by atoms with van der Waals surface area (Å²) < 4.78 is 16.0. The van der Waals surface area contributed by atoms with Gasteiger partial charge < -0.3 is 15.2 Å². The number of ether oxygens (including phenoxy) is 1. The summed E-state index contributed by atoms with van der Waals surface area (Å²) in [6, 6.07) is 5.29. The van der Waals surface area contributed by atoms with Crippen molar-refractivity contribution < 1.29 is 28.6 Å². The second kappa shape index (κ2) is 8.94. The van der Waals surface area contributed by atoms with Gasteiger partial charge >= 0.3 is 11.9 Å². The van der Waals surface area contributed by atoms with Crippen molar-refractivity contribution in [2.75, 3.05) is 12.4 Å². The van der Waals surface area contributed by atoms with Gasteiger partial charge in [-0.1, -0.05) is 58.5 Å². The van der Waals surface area contributed by atoms with Crippen molar-refractivity contribution in [1.29, 1.82) is 0 Å². The van der Waals surface area contributed by atoms with Crippen molar-refractivity contribution in [3.63, 3.8) is 0 Å². The van der Waals surface area contributed by atoms with E-state index in [4.69, 9.17) is 74.3 Å². The molecule has 0 radical (unpaired) electrons. The lowest BCUT2D eigenvalue weighted by atomic mass is 9.81. The van der Waals surface area contributed by atoms with E-state index in [1.807, 2.05) is 0 Å². The third-order valence-electron chi connectivity index (χ3n) is 6.06. The number of fused-ring (bicyclic) bond motifs is 2. The van der Waals surface area contributed by atoms with E-state index in [2.05, 4.69) is 5.32 Å². The van der Waals surface area contributed by atoms with Crippen LogP contribution in [-0.4, -0.2) is 44.1 Å². The zero-order chi connectivity index (χ0) is 26.1. The SMILES string of the molecule is COC(=O)c1c(-c2ccc(F)cc2)csc1NC(=O)C1C(C(=O)O)C2(Cl)C(Cl)=C(Cl)C1(Cl)C2(Cl)Cl. The van der Waals surface area contributed by atoms with Crippen molar-refractivity contribution in [2.45, 2.75) is 14.1 Å². The van der Waals surface area contributed by atoms with Crippen LogP contribution in [0.25, 0.3) is 11.1 Å². The number of hydrogen-bond acceptors (Lipinski definition) is 5. The van der Waals surface area contributed by atoms with Crippen LogP contribution >= 0.6 is 80.9 Å². The number of nitrogens with one attached hydrogen (secondary N) is 1. The molecule has 2 aliphatic rings. The summed E-state index contributed by atoms with van der Waals surface area (Å²) in [5.74, 6) is -7.26. The maximum absolute atomic E-state index is 13.5. The number of carboxylic acids is 1. The van der Waals surface area contributed by atoms with Crippen molar-refractivity contribution >= 4 is 104 Å². The smallest absolute Gasteiger partial charge is 0.341 e. The van der Waals surface area contributed by atoms with Crippen LogP contribution in [0, 0.1) is 17.7 Å². The summed E-state index contributed by atoms with van der Waals surface area (Å²) in [5, 5.41) is 13.3. The minimum atomic E-state index is -2.28. The Morgan fingerprint density at radius 3 is 2.09 bits per heavy atom. The lowest BCUT2D eigenvalue weighted by molar-refractivity contribution is -0.146. The zero-order valence-electron chi connectivity index (χ0n) is 17.2. The molecule has 4 rings (SSSR count). The lowest BCUT2D eigenvalue weighted by Crippen LogP contribution is -2.47. The summed E-state index contributed by atoms with van der Waals surface area (Å²) in [6.07, 6.45) is 0. The van der Waals surface area contributed by atoms with E-state index in [1.54, 1.807) is 5.38 Å². The average Bonchev–Trinajstić information content (AvgIpc) is 3.30. The Morgan fingerprint density at radius 1 is 1.03 bits per heavy atom. The molecule has 0 spiro atoms. The number of carbonyl (C=O) groups is 3. The number of methoxy groups -OCH3 is 1. The zero-order valence-corrected chi connectivity index (χ0v) is 22.5. The molecule has 0 saturated heterocycles. The first-order valence-electron chi connectivity index (χ1n) is 9.56. The summed E-state index contributed by atoms with van der Waals surface area (Å²) in [7, 11) is 1.14. The number of aliphatic carboxylic acids is 1. The minimum absolute atomic E-state index is 0.0120. The van der Waals surface area contributed by atoms with Crippen LogP contribution in [0.15, 0.2) is 39.7 Å². The van der Waals surface area contributed by atoms with E-state index < -0.39 is 49.6 Å². The van der Waals surface area contributed by atoms with Gasteiger partial charge in [-0.25, -0.2) is 9.18 Å². The summed E-state index contributed by atoms with van der Waals surface area (Å²) in [5.41, 5.74) is 0.775. The van der Waals surface area contributed by atoms with Crippen molar-refractivity contribution in [3.05, 3.63) is 51.1 Å². The Bertz CT molecular complexity index is 1300. The second-order valence-corrected chi connectivity index (χ2v) is 11.9. The predicted molar refractivity (Wildman–Crippen MR) is 135 cm³/mol. The molecular weight excluding hydrogens is 610 g/mol. The number of carboxylic acid groups (broad SMARTS) is 1. The van der Waals surface area contributed by atoms with Crippen LogP contribution in [0.5, 0.6) is 0 Å². The molecule has 2 bridgehead atoms. The molecule has 2 N–H and O–H groups in total. The van der Waals surface area contributed by atoms with Gasteiger partial charge in [-0.05, 0) is 17.7 Å². The van der Waals surface area contributed by atoms with Crippen molar-refractivity contribution in [3.8, 4) is 11.1 Å². The molecule has 0 aliphatic heterocycles. The van der Waals surface area contributed by atoms with E-state index in [0.717, 1.165) is 18.4 Å². The highest BCUT2D eigenvalue weighted by Crippen LogP contribution is 2.76. The summed E-state index contributed by atoms with van der Waals surface area (Å²) in [4.78, 5) is 33.9. The first-order valence-corrected chi connectivity index (χ1v) is 12.7. The number of thiophene rings is 1. The number of halogens is 7. The van der Waals surface area contributed by atoms with E-state index in [9.17, 15) is 23.9 Å². The quantitative estimate of drug-likeness (QED) is 0.296. The van der Waals surface area contributed by atoms with Gasteiger partial charge in [0.15, 0.2) is 4.33 Å². The largest absolute Gasteiger partial charge is 0.481 e. The van der Waals surface area contributed by atoms with Crippen LogP contribution in [-0.2, 0) is 14.3 Å². The van der Waals surface area contributed by atoms with Gasteiger partial charge in [-0.15, -0.1) is 34.5 Å². The number of allylic oxidation sites excluding steroid dienone is 2. The van der Waals surface area contributed by atoms with Gasteiger partial charge in [0.1, 0.15) is 26.1 Å². The number of benzene rings is 1. The second-order valence-electron chi connectivity index (χ2n) is 7.76. The van der Waals surface area contributed by atoms with Gasteiger partial charge in [-0.3, -0.25) is 9.59 Å². The normalized spacial score (nSPS) is 28.8. The monoisotopic (exact) mass is 619 g/mol. The van der Waals surface area contributed by atoms with Gasteiger partial charge in [0.2, 0.25) is 5.91 Å². The van der Waals surface area contributed by atoms with Crippen LogP contribution in [0.1, 0.15) is 10.4 Å². The Balaban J connectivity index is 1.80. The van der Waals surface area contributed by atoms with E-state index in [1.165, 1.54) is 24.3 Å². The molecule has 1 amide bonds. The van der Waals surface area contributed by atoms with Crippen LogP contribution in [0.4, 0.5) is 9.39 Å². The number of alkyl halides is 4. The highest BCUT2D eigenvalue weighted by atomic mass is 35.5. The fraction of sp³-hybridized carbons (Fsp3) is 0.286. The molecule has 4 atom stereocenters. The highest BCUT2D eigenvalue weighted by Gasteiger charge is 2.85. The molecule has 1 aromatic heterocycles. The first kappa shape index (κ1) is 26.8. The number of anilines is 1. The standard InChI is InChI=1S/C21H12Cl6FNO5S/c1-34-18(33)10-9(7-2-4-8(28)5-3-7)6-35-16(10)29-15(30)11-12(17(31)32)20(25)14(23)13(22)19(11,24)21(20,26)27/h2-6,11-12H,1H3,(H,29,30)(H,31,32). The average molecular weight is 622 g/mol. The molecule has 1 saturated carbocycles. The van der Waals surface area contributed by atoms with Gasteiger partial charge in [-0.2, -0.15) is 0 Å². The van der Waals surface area contributed by atoms with E-state index >= 15 is 0 Å². The van der Waals surface area contributed by atoms with Crippen molar-refractivity contribution in [1.82, 2.24) is 0 Å². The highest BCUT2D eigenvalue weighted by molar-refractivity contribution is 7.15. The Labute approximate surface area is 231 Å². The molecule has 1 heterocycles. The van der Waals surface area contributed by atoms with Gasteiger partial charge in [0.25, 0.3) is 0 Å². The Hall–Kier alpha value is -1.26. The van der Waals surface area contributed by atoms with Gasteiger partial charge in [0, 0.05) is 10.9 Å². The number of amides is 1. The molecule has 6 nitrogen and oxygen atoms in total. The van der Waals surface area contributed by atoms with Crippen molar-refractivity contribution in [2.24, 2.45) is 11.8 Å². The maximum atomic E-state index is 13.5. The minimum Gasteiger partial charge on any atom is -0.481 e. The molecule has 14 heteroatoms. The molecular formula is C21H12Cl6FNO5S. The number of rotatable bonds is 5. The Morgan fingerprint density at radius 2 is 1.57 bits per heavy atom. The van der Waals surface area contributed by atoms with Crippen LogP contribution < -0.4 is 5.32 Å². The molecule has 4 unspecified atom stereocenters. The molecule has 35 heavy (non-hydrogen) atoms. The summed E-state index contributed by atoms with van der Waals surface area (Å²) >= 11 is 39.5. The first-order chi connectivity index (χ1) is 16.2. The fourth-order valence-electron chi connectivity index (χ4n) is 4.41.